The topological polar surface area (TPSA) is 81.9 Å². The standard InChI is InChI=1S/C25H32N2O4/c1-25(2,3)31-24(29)27(17-18-13-15-20(26)16-14-18)22(19-9-5-4-6-10-19)23(28)30-21-11-7-8-12-21/h4-6,9-10,13-16,21-22H,7-8,11-12,17,26H2,1-3H3. The number of ether oxygens (including phenoxy) is 2. The molecule has 1 fully saturated rings. The summed E-state index contributed by atoms with van der Waals surface area (Å²) in [7, 11) is 0. The molecule has 1 aliphatic rings. The van der Waals surface area contributed by atoms with E-state index in [0.29, 0.717) is 11.3 Å². The van der Waals surface area contributed by atoms with E-state index in [4.69, 9.17) is 15.2 Å². The van der Waals surface area contributed by atoms with E-state index in [9.17, 15) is 9.59 Å². The molecule has 1 amide bonds. The van der Waals surface area contributed by atoms with Gasteiger partial charge >= 0.3 is 12.1 Å². The van der Waals surface area contributed by atoms with Gasteiger partial charge in [0.05, 0.1) is 6.54 Å². The lowest BCUT2D eigenvalue weighted by molar-refractivity contribution is -0.155. The Morgan fingerprint density at radius 2 is 1.65 bits per heavy atom. The first-order valence-electron chi connectivity index (χ1n) is 10.8. The first-order chi connectivity index (χ1) is 14.7. The van der Waals surface area contributed by atoms with Gasteiger partial charge in [-0.1, -0.05) is 42.5 Å². The first kappa shape index (κ1) is 22.7. The highest BCUT2D eigenvalue weighted by Gasteiger charge is 2.37. The molecule has 1 aliphatic carbocycles. The third-order valence-electron chi connectivity index (χ3n) is 5.20. The fourth-order valence-electron chi connectivity index (χ4n) is 3.72. The zero-order valence-corrected chi connectivity index (χ0v) is 18.5. The molecule has 3 rings (SSSR count). The van der Waals surface area contributed by atoms with Crippen LogP contribution in [0.4, 0.5) is 10.5 Å². The quantitative estimate of drug-likeness (QED) is 0.507. The van der Waals surface area contributed by atoms with Crippen molar-refractivity contribution in [2.45, 2.75) is 70.7 Å². The van der Waals surface area contributed by atoms with Crippen LogP contribution in [-0.2, 0) is 20.8 Å². The fraction of sp³-hybridized carbons (Fsp3) is 0.440. The number of anilines is 1. The maximum Gasteiger partial charge on any atom is 0.411 e. The number of rotatable bonds is 6. The SMILES string of the molecule is CC(C)(C)OC(=O)N(Cc1ccc(N)cc1)C(C(=O)OC1CCCC1)c1ccccc1. The van der Waals surface area contributed by atoms with Gasteiger partial charge in [0.2, 0.25) is 0 Å². The van der Waals surface area contributed by atoms with Crippen molar-refractivity contribution in [3.63, 3.8) is 0 Å². The lowest BCUT2D eigenvalue weighted by Gasteiger charge is -2.33. The summed E-state index contributed by atoms with van der Waals surface area (Å²) in [6, 6.07) is 15.6. The lowest BCUT2D eigenvalue weighted by Crippen LogP contribution is -2.43. The number of hydrogen-bond acceptors (Lipinski definition) is 5. The van der Waals surface area contributed by atoms with Gasteiger partial charge in [-0.15, -0.1) is 0 Å². The second-order valence-corrected chi connectivity index (χ2v) is 9.01. The monoisotopic (exact) mass is 424 g/mol. The van der Waals surface area contributed by atoms with E-state index in [1.54, 1.807) is 32.9 Å². The second-order valence-electron chi connectivity index (χ2n) is 9.01. The lowest BCUT2D eigenvalue weighted by atomic mass is 10.0. The molecule has 1 unspecified atom stereocenters. The average molecular weight is 425 g/mol. The highest BCUT2D eigenvalue weighted by Crippen LogP contribution is 2.30. The number of esters is 1. The predicted molar refractivity (Wildman–Crippen MR) is 120 cm³/mol. The molecule has 0 aromatic heterocycles. The summed E-state index contributed by atoms with van der Waals surface area (Å²) in [6.45, 7) is 5.61. The van der Waals surface area contributed by atoms with Gasteiger partial charge in [-0.3, -0.25) is 4.90 Å². The van der Waals surface area contributed by atoms with Crippen LogP contribution in [0.25, 0.3) is 0 Å². The Hall–Kier alpha value is -3.02. The molecule has 0 heterocycles. The average Bonchev–Trinajstić information content (AvgIpc) is 3.21. The predicted octanol–water partition coefficient (Wildman–Crippen LogP) is 5.23. The molecule has 0 radical (unpaired) electrons. The number of nitrogens with two attached hydrogens (primary N) is 1. The van der Waals surface area contributed by atoms with Crippen LogP contribution in [-0.4, -0.2) is 28.7 Å². The van der Waals surface area contributed by atoms with Crippen molar-refractivity contribution in [3.8, 4) is 0 Å². The van der Waals surface area contributed by atoms with Gasteiger partial charge in [0.15, 0.2) is 6.04 Å². The van der Waals surface area contributed by atoms with Crippen LogP contribution in [0, 0.1) is 0 Å². The molecule has 6 nitrogen and oxygen atoms in total. The first-order valence-corrected chi connectivity index (χ1v) is 10.8. The third kappa shape index (κ3) is 6.48. The zero-order valence-electron chi connectivity index (χ0n) is 18.5. The number of nitrogen functional groups attached to an aromatic ring is 1. The van der Waals surface area contributed by atoms with Gasteiger partial charge in [0.25, 0.3) is 0 Å². The van der Waals surface area contributed by atoms with Crippen LogP contribution in [0.15, 0.2) is 54.6 Å². The maximum atomic E-state index is 13.4. The van der Waals surface area contributed by atoms with E-state index in [0.717, 1.165) is 31.2 Å². The van der Waals surface area contributed by atoms with Crippen LogP contribution >= 0.6 is 0 Å². The van der Waals surface area contributed by atoms with Gasteiger partial charge in [0.1, 0.15) is 11.7 Å². The number of carbonyl (C=O) groups excluding carboxylic acids is 2. The molecule has 0 aliphatic heterocycles. The number of benzene rings is 2. The Bertz CT molecular complexity index is 869. The number of hydrogen-bond donors (Lipinski definition) is 1. The van der Waals surface area contributed by atoms with E-state index in [1.165, 1.54) is 4.90 Å². The molecule has 2 N–H and O–H groups in total. The summed E-state index contributed by atoms with van der Waals surface area (Å²) in [5.41, 5.74) is 7.27. The van der Waals surface area contributed by atoms with Gasteiger partial charge in [-0.05, 0) is 69.7 Å². The number of carbonyl (C=O) groups is 2. The van der Waals surface area contributed by atoms with Gasteiger partial charge < -0.3 is 15.2 Å². The zero-order chi connectivity index (χ0) is 22.4. The molecule has 2 aromatic rings. The highest BCUT2D eigenvalue weighted by atomic mass is 16.6. The van der Waals surface area contributed by atoms with Crippen LogP contribution in [0.5, 0.6) is 0 Å². The van der Waals surface area contributed by atoms with Crippen molar-refractivity contribution in [2.24, 2.45) is 0 Å². The minimum Gasteiger partial charge on any atom is -0.461 e. The molecule has 31 heavy (non-hydrogen) atoms. The van der Waals surface area contributed by atoms with Crippen LogP contribution in [0.3, 0.4) is 0 Å². The Balaban J connectivity index is 1.96. The Labute approximate surface area is 184 Å². The summed E-state index contributed by atoms with van der Waals surface area (Å²) < 4.78 is 11.5. The second kappa shape index (κ2) is 9.86. The van der Waals surface area contributed by atoms with E-state index in [-0.39, 0.29) is 12.6 Å². The van der Waals surface area contributed by atoms with Crippen LogP contribution in [0.1, 0.15) is 63.6 Å². The largest absolute Gasteiger partial charge is 0.461 e. The molecule has 2 aromatic carbocycles. The van der Waals surface area contributed by atoms with E-state index in [2.05, 4.69) is 0 Å². The van der Waals surface area contributed by atoms with Crippen molar-refractivity contribution >= 4 is 17.7 Å². The molecule has 6 heteroatoms. The van der Waals surface area contributed by atoms with Gasteiger partial charge in [0, 0.05) is 5.69 Å². The molecule has 166 valence electrons. The summed E-state index contributed by atoms with van der Waals surface area (Å²) in [5, 5.41) is 0. The Kier molecular flexibility index (Phi) is 7.21. The van der Waals surface area contributed by atoms with E-state index < -0.39 is 23.7 Å². The van der Waals surface area contributed by atoms with E-state index in [1.807, 2.05) is 42.5 Å². The Morgan fingerprint density at radius 3 is 2.23 bits per heavy atom. The van der Waals surface area contributed by atoms with Gasteiger partial charge in [-0.2, -0.15) is 0 Å². The molecule has 0 spiro atoms. The van der Waals surface area contributed by atoms with Crippen molar-refractivity contribution in [2.75, 3.05) is 5.73 Å². The summed E-state index contributed by atoms with van der Waals surface area (Å²) in [4.78, 5) is 28.1. The van der Waals surface area contributed by atoms with Crippen molar-refractivity contribution in [3.05, 3.63) is 65.7 Å². The van der Waals surface area contributed by atoms with E-state index >= 15 is 0 Å². The minimum atomic E-state index is -0.908. The summed E-state index contributed by atoms with van der Waals surface area (Å²) >= 11 is 0. The van der Waals surface area contributed by atoms with Crippen LogP contribution < -0.4 is 5.73 Å². The van der Waals surface area contributed by atoms with Crippen molar-refractivity contribution in [1.82, 2.24) is 4.90 Å². The molecule has 0 saturated heterocycles. The molecular formula is C25H32N2O4. The van der Waals surface area contributed by atoms with Crippen molar-refractivity contribution in [1.29, 1.82) is 0 Å². The molecule has 0 bridgehead atoms. The van der Waals surface area contributed by atoms with Crippen molar-refractivity contribution < 1.29 is 19.1 Å². The molecular weight excluding hydrogens is 392 g/mol. The summed E-state index contributed by atoms with van der Waals surface area (Å²) in [5.74, 6) is -0.431. The highest BCUT2D eigenvalue weighted by molar-refractivity contribution is 5.83. The maximum absolute atomic E-state index is 13.4. The number of nitrogens with zero attached hydrogens (tertiary/aromatic N) is 1. The molecule has 1 saturated carbocycles. The number of amides is 1. The van der Waals surface area contributed by atoms with Gasteiger partial charge in [-0.25, -0.2) is 9.59 Å². The fourth-order valence-corrected chi connectivity index (χ4v) is 3.72. The minimum absolute atomic E-state index is 0.101. The third-order valence-corrected chi connectivity index (χ3v) is 5.20. The van der Waals surface area contributed by atoms with Crippen LogP contribution in [0.2, 0.25) is 0 Å². The Morgan fingerprint density at radius 1 is 1.03 bits per heavy atom. The molecule has 1 atom stereocenters. The summed E-state index contributed by atoms with van der Waals surface area (Å²) in [6.07, 6.45) is 3.15. The normalized spacial score (nSPS) is 15.3. The smallest absolute Gasteiger partial charge is 0.411 e.